The van der Waals surface area contributed by atoms with Crippen LogP contribution in [-0.2, 0) is 6.42 Å². The summed E-state index contributed by atoms with van der Waals surface area (Å²) in [5.41, 5.74) is 8.67. The zero-order chi connectivity index (χ0) is 12.2. The van der Waals surface area contributed by atoms with Gasteiger partial charge in [0.15, 0.2) is 0 Å². The molecule has 2 heteroatoms. The average molecular weight is 220 g/mol. The highest BCUT2D eigenvalue weighted by atomic mass is 15.1. The number of aryl methyl sites for hydroxylation is 1. The van der Waals surface area contributed by atoms with Crippen LogP contribution in [0.3, 0.4) is 0 Å². The van der Waals surface area contributed by atoms with E-state index < -0.39 is 0 Å². The summed E-state index contributed by atoms with van der Waals surface area (Å²) in [5, 5.41) is 0. The first-order valence-corrected chi connectivity index (χ1v) is 6.07. The van der Waals surface area contributed by atoms with Crippen LogP contribution >= 0.6 is 0 Å². The van der Waals surface area contributed by atoms with Gasteiger partial charge in [0.2, 0.25) is 0 Å². The lowest BCUT2D eigenvalue weighted by Crippen LogP contribution is -2.46. The van der Waals surface area contributed by atoms with Gasteiger partial charge in [-0.05, 0) is 37.5 Å². The minimum absolute atomic E-state index is 0.113. The maximum atomic E-state index is 6.17. The quantitative estimate of drug-likeness (QED) is 0.826. The van der Waals surface area contributed by atoms with Gasteiger partial charge < -0.3 is 10.6 Å². The van der Waals surface area contributed by atoms with Crippen molar-refractivity contribution in [2.24, 2.45) is 5.73 Å². The predicted octanol–water partition coefficient (Wildman–Crippen LogP) is 2.81. The van der Waals surface area contributed by atoms with Gasteiger partial charge in [-0.15, -0.1) is 0 Å². The van der Waals surface area contributed by atoms with Crippen molar-refractivity contribution in [3.8, 4) is 0 Å². The van der Waals surface area contributed by atoms with Gasteiger partial charge in [0.1, 0.15) is 0 Å². The van der Waals surface area contributed by atoms with Gasteiger partial charge in [0, 0.05) is 24.8 Å². The third-order valence-corrected chi connectivity index (χ3v) is 3.19. The fourth-order valence-corrected chi connectivity index (χ4v) is 1.73. The molecule has 1 aromatic carbocycles. The van der Waals surface area contributed by atoms with Crippen LogP contribution in [0.5, 0.6) is 0 Å². The number of nitrogens with two attached hydrogens (primary N) is 1. The van der Waals surface area contributed by atoms with E-state index in [0.29, 0.717) is 0 Å². The first kappa shape index (κ1) is 13.0. The fourth-order valence-electron chi connectivity index (χ4n) is 1.73. The molecular formula is C14H24N2. The Kier molecular flexibility index (Phi) is 4.36. The Balaban J connectivity index is 2.69. The maximum Gasteiger partial charge on any atom is 0.0364 e. The summed E-state index contributed by atoms with van der Waals surface area (Å²) in [5.74, 6) is 0. The van der Waals surface area contributed by atoms with E-state index in [-0.39, 0.29) is 5.54 Å². The van der Waals surface area contributed by atoms with Crippen LogP contribution in [-0.4, -0.2) is 19.1 Å². The molecule has 0 fully saturated rings. The van der Waals surface area contributed by atoms with Gasteiger partial charge >= 0.3 is 0 Å². The highest BCUT2D eigenvalue weighted by Gasteiger charge is 2.18. The predicted molar refractivity (Wildman–Crippen MR) is 72.0 cm³/mol. The van der Waals surface area contributed by atoms with Crippen molar-refractivity contribution in [2.75, 3.05) is 18.5 Å². The Morgan fingerprint density at radius 1 is 1.19 bits per heavy atom. The third-order valence-electron chi connectivity index (χ3n) is 3.19. The second kappa shape index (κ2) is 5.35. The number of hydrogen-bond acceptors (Lipinski definition) is 2. The summed E-state index contributed by atoms with van der Waals surface area (Å²) in [6.45, 7) is 7.29. The number of nitrogens with zero attached hydrogens (tertiary/aromatic N) is 1. The molecule has 0 aliphatic carbocycles. The molecule has 0 amide bonds. The van der Waals surface area contributed by atoms with Crippen LogP contribution in [0.1, 0.15) is 32.8 Å². The Morgan fingerprint density at radius 3 is 2.19 bits per heavy atom. The first-order chi connectivity index (χ1) is 7.48. The molecule has 0 spiro atoms. The summed E-state index contributed by atoms with van der Waals surface area (Å²) in [6.07, 6.45) is 2.08. The van der Waals surface area contributed by atoms with Gasteiger partial charge in [-0.3, -0.25) is 0 Å². The fraction of sp³-hybridized carbons (Fsp3) is 0.571. The van der Waals surface area contributed by atoms with Gasteiger partial charge in [-0.2, -0.15) is 0 Å². The van der Waals surface area contributed by atoms with E-state index in [2.05, 4.69) is 57.0 Å². The molecule has 0 bridgehead atoms. The summed E-state index contributed by atoms with van der Waals surface area (Å²) in [7, 11) is 2.10. The van der Waals surface area contributed by atoms with Crippen LogP contribution < -0.4 is 10.6 Å². The number of hydrogen-bond donors (Lipinski definition) is 1. The minimum atomic E-state index is -0.113. The summed E-state index contributed by atoms with van der Waals surface area (Å²) in [4.78, 5) is 2.23. The standard InChI is InChI=1S/C14H24N2/c1-5-12-7-9-13(10-8-12)16(4)11-14(3,15)6-2/h7-10H,5-6,11,15H2,1-4H3. The molecule has 0 saturated heterocycles. The van der Waals surface area contributed by atoms with Crippen LogP contribution in [0.15, 0.2) is 24.3 Å². The van der Waals surface area contributed by atoms with Crippen LogP contribution in [0.4, 0.5) is 5.69 Å². The molecular weight excluding hydrogens is 196 g/mol. The largest absolute Gasteiger partial charge is 0.373 e. The lowest BCUT2D eigenvalue weighted by molar-refractivity contribution is 0.455. The van der Waals surface area contributed by atoms with Crippen molar-refractivity contribution >= 4 is 5.69 Å². The van der Waals surface area contributed by atoms with Gasteiger partial charge in [-0.25, -0.2) is 0 Å². The van der Waals surface area contributed by atoms with Gasteiger partial charge in [-0.1, -0.05) is 26.0 Å². The molecule has 0 aromatic heterocycles. The van der Waals surface area contributed by atoms with E-state index in [9.17, 15) is 0 Å². The van der Waals surface area contributed by atoms with Crippen molar-refractivity contribution in [2.45, 2.75) is 39.2 Å². The molecule has 1 aromatic rings. The van der Waals surface area contributed by atoms with Gasteiger partial charge in [0.25, 0.3) is 0 Å². The van der Waals surface area contributed by atoms with E-state index in [0.717, 1.165) is 19.4 Å². The molecule has 2 N–H and O–H groups in total. The third kappa shape index (κ3) is 3.53. The highest BCUT2D eigenvalue weighted by molar-refractivity contribution is 5.47. The van der Waals surface area contributed by atoms with E-state index >= 15 is 0 Å². The summed E-state index contributed by atoms with van der Waals surface area (Å²) in [6, 6.07) is 8.71. The number of likely N-dealkylation sites (N-methyl/N-ethyl adjacent to an activating group) is 1. The second-order valence-corrected chi connectivity index (χ2v) is 4.88. The van der Waals surface area contributed by atoms with Crippen LogP contribution in [0, 0.1) is 0 Å². The van der Waals surface area contributed by atoms with E-state index in [4.69, 9.17) is 5.73 Å². The Labute approximate surface area is 99.5 Å². The zero-order valence-electron chi connectivity index (χ0n) is 11.0. The van der Waals surface area contributed by atoms with E-state index in [1.165, 1.54) is 11.3 Å². The lowest BCUT2D eigenvalue weighted by atomic mass is 10.00. The Hall–Kier alpha value is -1.02. The van der Waals surface area contributed by atoms with E-state index in [1.54, 1.807) is 0 Å². The summed E-state index contributed by atoms with van der Waals surface area (Å²) < 4.78 is 0. The molecule has 0 aliphatic rings. The van der Waals surface area contributed by atoms with Crippen molar-refractivity contribution in [3.05, 3.63) is 29.8 Å². The molecule has 0 radical (unpaired) electrons. The Bertz CT molecular complexity index is 314. The zero-order valence-corrected chi connectivity index (χ0v) is 11.0. The Morgan fingerprint density at radius 2 is 1.75 bits per heavy atom. The normalized spacial score (nSPS) is 14.6. The van der Waals surface area contributed by atoms with E-state index in [1.807, 2.05) is 0 Å². The minimum Gasteiger partial charge on any atom is -0.373 e. The van der Waals surface area contributed by atoms with Crippen molar-refractivity contribution in [3.63, 3.8) is 0 Å². The lowest BCUT2D eigenvalue weighted by Gasteiger charge is -2.30. The topological polar surface area (TPSA) is 29.3 Å². The second-order valence-electron chi connectivity index (χ2n) is 4.88. The molecule has 90 valence electrons. The molecule has 1 rings (SSSR count). The molecule has 0 heterocycles. The summed E-state index contributed by atoms with van der Waals surface area (Å²) >= 11 is 0. The highest BCUT2D eigenvalue weighted by Crippen LogP contribution is 2.17. The smallest absolute Gasteiger partial charge is 0.0364 e. The molecule has 16 heavy (non-hydrogen) atoms. The average Bonchev–Trinajstić information content (AvgIpc) is 2.28. The maximum absolute atomic E-state index is 6.17. The number of anilines is 1. The molecule has 0 aliphatic heterocycles. The van der Waals surface area contributed by atoms with Gasteiger partial charge in [0.05, 0.1) is 0 Å². The number of rotatable bonds is 5. The molecule has 2 nitrogen and oxygen atoms in total. The SMILES string of the molecule is CCc1ccc(N(C)CC(C)(N)CC)cc1. The number of benzene rings is 1. The monoisotopic (exact) mass is 220 g/mol. The van der Waals surface area contributed by atoms with Crippen molar-refractivity contribution in [1.29, 1.82) is 0 Å². The van der Waals surface area contributed by atoms with Crippen LogP contribution in [0.2, 0.25) is 0 Å². The van der Waals surface area contributed by atoms with Crippen LogP contribution in [0.25, 0.3) is 0 Å². The van der Waals surface area contributed by atoms with Crippen molar-refractivity contribution in [1.82, 2.24) is 0 Å². The first-order valence-electron chi connectivity index (χ1n) is 6.07. The molecule has 0 saturated carbocycles. The molecule has 1 unspecified atom stereocenters. The van der Waals surface area contributed by atoms with Crippen molar-refractivity contribution < 1.29 is 0 Å². The molecule has 1 atom stereocenters.